The summed E-state index contributed by atoms with van der Waals surface area (Å²) in [7, 11) is 0. The SMILES string of the molecule is CCc1cccc(C)c1NC(=O)c1c(C)nn(-c2ccc(C)cc2)c1-n1cccc1. The molecule has 0 aliphatic carbocycles. The second-order valence-electron chi connectivity index (χ2n) is 7.54. The van der Waals surface area contributed by atoms with Gasteiger partial charge < -0.3 is 9.88 Å². The molecule has 0 radical (unpaired) electrons. The third-order valence-electron chi connectivity index (χ3n) is 5.37. The summed E-state index contributed by atoms with van der Waals surface area (Å²) in [5.74, 6) is 0.573. The van der Waals surface area contributed by atoms with Crippen LogP contribution in [0.3, 0.4) is 0 Å². The highest BCUT2D eigenvalue weighted by Crippen LogP contribution is 2.27. The third-order valence-corrected chi connectivity index (χ3v) is 5.37. The second kappa shape index (κ2) is 8.03. The Balaban J connectivity index is 1.84. The van der Waals surface area contributed by atoms with Gasteiger partial charge in [0.25, 0.3) is 5.91 Å². The molecule has 0 aliphatic heterocycles. The molecular formula is C25H26N4O. The van der Waals surface area contributed by atoms with Crippen LogP contribution in [0.15, 0.2) is 67.0 Å². The van der Waals surface area contributed by atoms with Crippen LogP contribution in [0.1, 0.15) is 39.7 Å². The first-order valence-corrected chi connectivity index (χ1v) is 10.2. The molecular weight excluding hydrogens is 372 g/mol. The van der Waals surface area contributed by atoms with Crippen molar-refractivity contribution in [3.63, 3.8) is 0 Å². The first-order valence-electron chi connectivity index (χ1n) is 10.2. The molecule has 4 aromatic rings. The molecule has 0 saturated carbocycles. The van der Waals surface area contributed by atoms with Crippen LogP contribution >= 0.6 is 0 Å². The number of rotatable bonds is 5. The molecule has 1 N–H and O–H groups in total. The maximum atomic E-state index is 13.5. The van der Waals surface area contributed by atoms with E-state index in [0.717, 1.165) is 34.7 Å². The van der Waals surface area contributed by atoms with Gasteiger partial charge in [-0.1, -0.05) is 42.8 Å². The molecule has 0 aliphatic rings. The third kappa shape index (κ3) is 3.54. The fourth-order valence-electron chi connectivity index (χ4n) is 3.74. The van der Waals surface area contributed by atoms with Gasteiger partial charge in [0.1, 0.15) is 5.56 Å². The average molecular weight is 399 g/mol. The minimum absolute atomic E-state index is 0.154. The van der Waals surface area contributed by atoms with Gasteiger partial charge in [0.15, 0.2) is 5.82 Å². The van der Waals surface area contributed by atoms with Crippen LogP contribution in [0.25, 0.3) is 11.5 Å². The summed E-state index contributed by atoms with van der Waals surface area (Å²) < 4.78 is 3.77. The number of carbonyl (C=O) groups is 1. The summed E-state index contributed by atoms with van der Waals surface area (Å²) in [4.78, 5) is 13.5. The highest BCUT2D eigenvalue weighted by Gasteiger charge is 2.24. The van der Waals surface area contributed by atoms with Crippen molar-refractivity contribution < 1.29 is 4.79 Å². The molecule has 2 aromatic carbocycles. The van der Waals surface area contributed by atoms with E-state index in [1.54, 1.807) is 0 Å². The summed E-state index contributed by atoms with van der Waals surface area (Å²) in [6.45, 7) is 8.04. The summed E-state index contributed by atoms with van der Waals surface area (Å²) in [5, 5.41) is 7.89. The fraction of sp³-hybridized carbons (Fsp3) is 0.200. The van der Waals surface area contributed by atoms with Crippen molar-refractivity contribution in [2.75, 3.05) is 5.32 Å². The standard InChI is InChI=1S/C25H26N4O/c1-5-20-10-8-9-18(3)23(20)26-24(30)22-19(4)27-29(21-13-11-17(2)12-14-21)25(22)28-15-6-7-16-28/h6-16H,5H2,1-4H3,(H,26,30). The molecule has 0 saturated heterocycles. The molecule has 0 fully saturated rings. The Morgan fingerprint density at radius 2 is 1.67 bits per heavy atom. The lowest BCUT2D eigenvalue weighted by molar-refractivity contribution is 0.102. The number of benzene rings is 2. The number of hydrogen-bond acceptors (Lipinski definition) is 2. The quantitative estimate of drug-likeness (QED) is 0.489. The van der Waals surface area contributed by atoms with E-state index < -0.39 is 0 Å². The fourth-order valence-corrected chi connectivity index (χ4v) is 3.74. The van der Waals surface area contributed by atoms with Gasteiger partial charge in [-0.3, -0.25) is 4.79 Å². The van der Waals surface area contributed by atoms with Crippen molar-refractivity contribution in [3.8, 4) is 11.5 Å². The number of aromatic nitrogens is 3. The number of para-hydroxylation sites is 1. The predicted molar refractivity (Wildman–Crippen MR) is 121 cm³/mol. The van der Waals surface area contributed by atoms with Crippen LogP contribution in [0.2, 0.25) is 0 Å². The smallest absolute Gasteiger partial charge is 0.261 e. The average Bonchev–Trinajstić information content (AvgIpc) is 3.37. The Bertz CT molecular complexity index is 1180. The Morgan fingerprint density at radius 1 is 0.967 bits per heavy atom. The van der Waals surface area contributed by atoms with Crippen LogP contribution in [-0.4, -0.2) is 20.3 Å². The lowest BCUT2D eigenvalue weighted by Crippen LogP contribution is -2.17. The Labute approximate surface area is 177 Å². The molecule has 0 unspecified atom stereocenters. The van der Waals surface area contributed by atoms with E-state index in [0.29, 0.717) is 11.3 Å². The number of carbonyl (C=O) groups excluding carboxylic acids is 1. The van der Waals surface area contributed by atoms with E-state index in [-0.39, 0.29) is 5.91 Å². The van der Waals surface area contributed by atoms with Crippen molar-refractivity contribution in [2.45, 2.75) is 34.1 Å². The van der Waals surface area contributed by atoms with Gasteiger partial charge in [-0.05, 0) is 62.6 Å². The lowest BCUT2D eigenvalue weighted by atomic mass is 10.1. The summed E-state index contributed by atoms with van der Waals surface area (Å²) in [6.07, 6.45) is 4.72. The van der Waals surface area contributed by atoms with E-state index >= 15 is 0 Å². The molecule has 5 nitrogen and oxygen atoms in total. The molecule has 1 amide bonds. The molecule has 5 heteroatoms. The Hall–Kier alpha value is -3.60. The van der Waals surface area contributed by atoms with E-state index in [2.05, 4.69) is 25.2 Å². The second-order valence-corrected chi connectivity index (χ2v) is 7.54. The predicted octanol–water partition coefficient (Wildman–Crippen LogP) is 5.40. The van der Waals surface area contributed by atoms with Crippen LogP contribution in [-0.2, 0) is 6.42 Å². The van der Waals surface area contributed by atoms with E-state index in [9.17, 15) is 4.79 Å². The normalized spacial score (nSPS) is 10.9. The Kier molecular flexibility index (Phi) is 5.27. The molecule has 2 aromatic heterocycles. The molecule has 0 spiro atoms. The minimum Gasteiger partial charge on any atom is -0.321 e. The maximum absolute atomic E-state index is 13.5. The summed E-state index contributed by atoms with van der Waals surface area (Å²) in [6, 6.07) is 18.1. The summed E-state index contributed by atoms with van der Waals surface area (Å²) >= 11 is 0. The van der Waals surface area contributed by atoms with Crippen LogP contribution in [0.4, 0.5) is 5.69 Å². The minimum atomic E-state index is -0.154. The number of nitrogens with zero attached hydrogens (tertiary/aromatic N) is 3. The molecule has 152 valence electrons. The van der Waals surface area contributed by atoms with Crippen molar-refractivity contribution in [1.82, 2.24) is 14.3 Å². The highest BCUT2D eigenvalue weighted by molar-refractivity contribution is 6.08. The van der Waals surface area contributed by atoms with Crippen molar-refractivity contribution in [1.29, 1.82) is 0 Å². The van der Waals surface area contributed by atoms with Crippen molar-refractivity contribution in [2.24, 2.45) is 0 Å². The first-order chi connectivity index (χ1) is 14.5. The van der Waals surface area contributed by atoms with E-state index in [4.69, 9.17) is 5.10 Å². The van der Waals surface area contributed by atoms with Crippen LogP contribution in [0.5, 0.6) is 0 Å². The molecule has 0 bridgehead atoms. The summed E-state index contributed by atoms with van der Waals surface area (Å²) in [5.41, 5.74) is 6.39. The zero-order valence-corrected chi connectivity index (χ0v) is 17.8. The molecule has 0 atom stereocenters. The van der Waals surface area contributed by atoms with Gasteiger partial charge >= 0.3 is 0 Å². The van der Waals surface area contributed by atoms with Gasteiger partial charge in [-0.2, -0.15) is 5.10 Å². The number of aryl methyl sites for hydroxylation is 4. The van der Waals surface area contributed by atoms with Crippen LogP contribution < -0.4 is 5.32 Å². The number of amides is 1. The van der Waals surface area contributed by atoms with Gasteiger partial charge in [0.2, 0.25) is 0 Å². The van der Waals surface area contributed by atoms with Gasteiger partial charge in [0.05, 0.1) is 11.4 Å². The molecule has 30 heavy (non-hydrogen) atoms. The zero-order chi connectivity index (χ0) is 21.3. The monoisotopic (exact) mass is 398 g/mol. The molecule has 4 rings (SSSR count). The lowest BCUT2D eigenvalue weighted by Gasteiger charge is -2.15. The number of hydrogen-bond donors (Lipinski definition) is 1. The van der Waals surface area contributed by atoms with Crippen molar-refractivity contribution in [3.05, 3.63) is 94.9 Å². The highest BCUT2D eigenvalue weighted by atomic mass is 16.1. The number of nitrogens with one attached hydrogen (secondary N) is 1. The zero-order valence-electron chi connectivity index (χ0n) is 17.8. The first kappa shape index (κ1) is 19.7. The maximum Gasteiger partial charge on any atom is 0.261 e. The van der Waals surface area contributed by atoms with Gasteiger partial charge in [-0.15, -0.1) is 0 Å². The van der Waals surface area contributed by atoms with Gasteiger partial charge in [0, 0.05) is 18.1 Å². The molecule has 2 heterocycles. The largest absolute Gasteiger partial charge is 0.321 e. The van der Waals surface area contributed by atoms with Crippen LogP contribution in [0, 0.1) is 20.8 Å². The Morgan fingerprint density at radius 3 is 2.33 bits per heavy atom. The topological polar surface area (TPSA) is 51.9 Å². The van der Waals surface area contributed by atoms with Gasteiger partial charge in [-0.25, -0.2) is 4.68 Å². The van der Waals surface area contributed by atoms with Crippen molar-refractivity contribution >= 4 is 11.6 Å². The number of anilines is 1. The van der Waals surface area contributed by atoms with E-state index in [1.807, 2.05) is 84.0 Å². The van der Waals surface area contributed by atoms with E-state index in [1.165, 1.54) is 5.56 Å².